The van der Waals surface area contributed by atoms with E-state index < -0.39 is 5.97 Å². The lowest BCUT2D eigenvalue weighted by Crippen LogP contribution is -2.14. The molecule has 20 heavy (non-hydrogen) atoms. The average Bonchev–Trinajstić information content (AvgIpc) is 2.46. The smallest absolute Gasteiger partial charge is 0.337 e. The van der Waals surface area contributed by atoms with Gasteiger partial charge in [-0.15, -0.1) is 0 Å². The van der Waals surface area contributed by atoms with E-state index >= 15 is 0 Å². The summed E-state index contributed by atoms with van der Waals surface area (Å²) in [4.78, 5) is 13.2. The van der Waals surface area contributed by atoms with Crippen molar-refractivity contribution in [3.05, 3.63) is 53.6 Å². The Labute approximate surface area is 118 Å². The van der Waals surface area contributed by atoms with Crippen molar-refractivity contribution in [2.45, 2.75) is 6.92 Å². The number of nitrogens with zero attached hydrogens (tertiary/aromatic N) is 1. The molecule has 0 atom stereocenters. The highest BCUT2D eigenvalue weighted by atomic mass is 16.5. The van der Waals surface area contributed by atoms with Crippen molar-refractivity contribution >= 4 is 17.3 Å². The van der Waals surface area contributed by atoms with Crippen LogP contribution in [0.2, 0.25) is 0 Å². The van der Waals surface area contributed by atoms with Gasteiger partial charge >= 0.3 is 5.97 Å². The third kappa shape index (κ3) is 2.74. The number of benzene rings is 2. The molecule has 0 aliphatic carbocycles. The summed E-state index contributed by atoms with van der Waals surface area (Å²) in [7, 11) is 3.46. The summed E-state index contributed by atoms with van der Waals surface area (Å²) in [5, 5.41) is 9.29. The van der Waals surface area contributed by atoms with E-state index in [2.05, 4.69) is 0 Å². The summed E-state index contributed by atoms with van der Waals surface area (Å²) >= 11 is 0. The van der Waals surface area contributed by atoms with Gasteiger partial charge in [0.1, 0.15) is 5.75 Å². The molecule has 0 aliphatic rings. The number of aromatic carboxylic acids is 1. The number of carbonyl (C=O) groups is 1. The molecule has 0 heterocycles. The number of aryl methyl sites for hydroxylation is 1. The predicted octanol–water partition coefficient (Wildman–Crippen LogP) is 3.47. The number of ether oxygens (including phenoxy) is 1. The maximum absolute atomic E-state index is 11.3. The van der Waals surface area contributed by atoms with Crippen LogP contribution in [0.15, 0.2) is 42.5 Å². The Morgan fingerprint density at radius 1 is 1.15 bits per heavy atom. The van der Waals surface area contributed by atoms with Gasteiger partial charge in [-0.25, -0.2) is 4.79 Å². The maximum Gasteiger partial charge on any atom is 0.337 e. The predicted molar refractivity (Wildman–Crippen MR) is 79.2 cm³/mol. The van der Waals surface area contributed by atoms with Crippen molar-refractivity contribution in [3.63, 3.8) is 0 Å². The fourth-order valence-corrected chi connectivity index (χ4v) is 2.04. The number of methoxy groups -OCH3 is 1. The number of hydrogen-bond donors (Lipinski definition) is 1. The number of carboxylic acids is 1. The second kappa shape index (κ2) is 5.65. The van der Waals surface area contributed by atoms with Crippen LogP contribution in [0.25, 0.3) is 0 Å². The topological polar surface area (TPSA) is 49.8 Å². The monoisotopic (exact) mass is 271 g/mol. The van der Waals surface area contributed by atoms with Crippen LogP contribution in [-0.2, 0) is 0 Å². The Morgan fingerprint density at radius 3 is 2.35 bits per heavy atom. The summed E-state index contributed by atoms with van der Waals surface area (Å²) in [5.41, 5.74) is 2.88. The molecule has 0 radical (unpaired) electrons. The Morgan fingerprint density at radius 2 is 1.80 bits per heavy atom. The first kappa shape index (κ1) is 13.9. The van der Waals surface area contributed by atoms with Crippen LogP contribution in [0.5, 0.6) is 5.75 Å². The Balaban J connectivity index is 2.43. The van der Waals surface area contributed by atoms with E-state index in [0.29, 0.717) is 5.69 Å². The van der Waals surface area contributed by atoms with Gasteiger partial charge in [-0.05, 0) is 48.9 Å². The lowest BCUT2D eigenvalue weighted by atomic mass is 10.1. The summed E-state index contributed by atoms with van der Waals surface area (Å²) < 4.78 is 5.12. The summed E-state index contributed by atoms with van der Waals surface area (Å²) in [6.07, 6.45) is 0. The molecule has 0 unspecified atom stereocenters. The van der Waals surface area contributed by atoms with Crippen molar-refractivity contribution in [2.24, 2.45) is 0 Å². The van der Waals surface area contributed by atoms with E-state index in [1.807, 2.05) is 49.2 Å². The highest BCUT2D eigenvalue weighted by molar-refractivity contribution is 5.95. The standard InChI is InChI=1S/C16H17NO3/c1-11-4-9-14(16(18)19)15(10-11)17(2)12-5-7-13(20-3)8-6-12/h4-10H,1-3H3,(H,18,19). The van der Waals surface area contributed by atoms with Crippen LogP contribution in [0.4, 0.5) is 11.4 Å². The normalized spacial score (nSPS) is 10.2. The molecular formula is C16H17NO3. The van der Waals surface area contributed by atoms with Crippen molar-refractivity contribution < 1.29 is 14.6 Å². The molecule has 2 aromatic carbocycles. The van der Waals surface area contributed by atoms with Gasteiger partial charge in [0.15, 0.2) is 0 Å². The van der Waals surface area contributed by atoms with Crippen molar-refractivity contribution in [2.75, 3.05) is 19.1 Å². The van der Waals surface area contributed by atoms with Crippen LogP contribution in [0, 0.1) is 6.92 Å². The van der Waals surface area contributed by atoms with Crippen molar-refractivity contribution in [1.82, 2.24) is 0 Å². The molecular weight excluding hydrogens is 254 g/mol. The van der Waals surface area contributed by atoms with Gasteiger partial charge in [-0.1, -0.05) is 6.07 Å². The summed E-state index contributed by atoms with van der Waals surface area (Å²) in [6.45, 7) is 1.94. The van der Waals surface area contributed by atoms with Gasteiger partial charge in [0.2, 0.25) is 0 Å². The fourth-order valence-electron chi connectivity index (χ4n) is 2.04. The summed E-state index contributed by atoms with van der Waals surface area (Å²) in [6, 6.07) is 12.8. The first-order valence-corrected chi connectivity index (χ1v) is 6.24. The Bertz CT molecular complexity index is 620. The molecule has 0 fully saturated rings. The van der Waals surface area contributed by atoms with Crippen LogP contribution in [-0.4, -0.2) is 25.2 Å². The van der Waals surface area contributed by atoms with Gasteiger partial charge < -0.3 is 14.7 Å². The van der Waals surface area contributed by atoms with E-state index in [4.69, 9.17) is 4.74 Å². The van der Waals surface area contributed by atoms with E-state index in [9.17, 15) is 9.90 Å². The molecule has 104 valence electrons. The number of carboxylic acid groups (broad SMARTS) is 1. The Hall–Kier alpha value is -2.49. The molecule has 0 aromatic heterocycles. The lowest BCUT2D eigenvalue weighted by Gasteiger charge is -2.22. The third-order valence-corrected chi connectivity index (χ3v) is 3.20. The van der Waals surface area contributed by atoms with E-state index in [-0.39, 0.29) is 5.56 Å². The van der Waals surface area contributed by atoms with Gasteiger partial charge in [0.05, 0.1) is 18.4 Å². The minimum atomic E-state index is -0.930. The van der Waals surface area contributed by atoms with Gasteiger partial charge in [-0.2, -0.15) is 0 Å². The number of hydrogen-bond acceptors (Lipinski definition) is 3. The van der Waals surface area contributed by atoms with Crippen LogP contribution in [0.3, 0.4) is 0 Å². The SMILES string of the molecule is COc1ccc(N(C)c2cc(C)ccc2C(=O)O)cc1. The fraction of sp³-hybridized carbons (Fsp3) is 0.188. The third-order valence-electron chi connectivity index (χ3n) is 3.20. The minimum Gasteiger partial charge on any atom is -0.497 e. The molecule has 2 rings (SSSR count). The number of rotatable bonds is 4. The molecule has 0 aliphatic heterocycles. The van der Waals surface area contributed by atoms with E-state index in [1.54, 1.807) is 19.2 Å². The van der Waals surface area contributed by atoms with E-state index in [1.165, 1.54) is 0 Å². The minimum absolute atomic E-state index is 0.286. The van der Waals surface area contributed by atoms with E-state index in [0.717, 1.165) is 17.0 Å². The summed E-state index contributed by atoms with van der Waals surface area (Å²) in [5.74, 6) is -0.162. The second-order valence-corrected chi connectivity index (χ2v) is 4.58. The number of anilines is 2. The zero-order valence-corrected chi connectivity index (χ0v) is 11.8. The van der Waals surface area contributed by atoms with Crippen LogP contribution < -0.4 is 9.64 Å². The first-order valence-electron chi connectivity index (χ1n) is 6.24. The Kier molecular flexibility index (Phi) is 3.94. The molecule has 0 amide bonds. The maximum atomic E-state index is 11.3. The molecule has 0 saturated heterocycles. The average molecular weight is 271 g/mol. The molecule has 0 saturated carbocycles. The zero-order chi connectivity index (χ0) is 14.7. The molecule has 4 heteroatoms. The lowest BCUT2D eigenvalue weighted by molar-refractivity contribution is 0.0697. The quantitative estimate of drug-likeness (QED) is 0.925. The highest BCUT2D eigenvalue weighted by Gasteiger charge is 2.14. The zero-order valence-electron chi connectivity index (χ0n) is 11.8. The van der Waals surface area contributed by atoms with Gasteiger partial charge in [-0.3, -0.25) is 0 Å². The first-order chi connectivity index (χ1) is 9.52. The molecule has 0 bridgehead atoms. The van der Waals surface area contributed by atoms with Crippen LogP contribution >= 0.6 is 0 Å². The molecule has 1 N–H and O–H groups in total. The molecule has 2 aromatic rings. The van der Waals surface area contributed by atoms with Gasteiger partial charge in [0.25, 0.3) is 0 Å². The van der Waals surface area contributed by atoms with Crippen LogP contribution in [0.1, 0.15) is 15.9 Å². The molecule has 4 nitrogen and oxygen atoms in total. The largest absolute Gasteiger partial charge is 0.497 e. The molecule has 0 spiro atoms. The van der Waals surface area contributed by atoms with Crippen molar-refractivity contribution in [3.8, 4) is 5.75 Å². The van der Waals surface area contributed by atoms with Gasteiger partial charge in [0, 0.05) is 12.7 Å². The second-order valence-electron chi connectivity index (χ2n) is 4.58. The van der Waals surface area contributed by atoms with Crippen molar-refractivity contribution in [1.29, 1.82) is 0 Å². The highest BCUT2D eigenvalue weighted by Crippen LogP contribution is 2.29.